The standard InChI is InChI=1S/C16H20N2O/c1-13-7-8-15(18-10-13)11-17-12-16(19)9-14-5-3-2-4-6-14/h2-8,10,16-17,19H,9,11-12H2,1H3. The van der Waals surface area contributed by atoms with Gasteiger partial charge in [0.15, 0.2) is 0 Å². The second-order valence-electron chi connectivity index (χ2n) is 4.80. The Kier molecular flexibility index (Phi) is 5.07. The van der Waals surface area contributed by atoms with Gasteiger partial charge in [0.1, 0.15) is 0 Å². The molecule has 100 valence electrons. The SMILES string of the molecule is Cc1ccc(CNCC(O)Cc2ccccc2)nc1. The predicted octanol–water partition coefficient (Wildman–Crippen LogP) is 2.08. The smallest absolute Gasteiger partial charge is 0.0704 e. The number of benzene rings is 1. The second-order valence-corrected chi connectivity index (χ2v) is 4.80. The van der Waals surface area contributed by atoms with Crippen LogP contribution >= 0.6 is 0 Å². The molecule has 0 spiro atoms. The van der Waals surface area contributed by atoms with E-state index >= 15 is 0 Å². The molecule has 1 heterocycles. The zero-order valence-electron chi connectivity index (χ0n) is 11.2. The number of hydrogen-bond acceptors (Lipinski definition) is 3. The minimum atomic E-state index is -0.368. The van der Waals surface area contributed by atoms with Crippen LogP contribution in [0.15, 0.2) is 48.7 Å². The molecule has 3 heteroatoms. The Labute approximate surface area is 114 Å². The monoisotopic (exact) mass is 256 g/mol. The first-order valence-electron chi connectivity index (χ1n) is 6.58. The number of aryl methyl sites for hydroxylation is 1. The molecular weight excluding hydrogens is 236 g/mol. The van der Waals surface area contributed by atoms with E-state index in [2.05, 4.69) is 10.3 Å². The van der Waals surface area contributed by atoms with Crippen LogP contribution in [0.3, 0.4) is 0 Å². The highest BCUT2D eigenvalue weighted by atomic mass is 16.3. The van der Waals surface area contributed by atoms with Gasteiger partial charge in [-0.05, 0) is 30.5 Å². The van der Waals surface area contributed by atoms with Crippen LogP contribution in [-0.2, 0) is 13.0 Å². The number of pyridine rings is 1. The Morgan fingerprint density at radius 3 is 2.63 bits per heavy atom. The van der Waals surface area contributed by atoms with Gasteiger partial charge >= 0.3 is 0 Å². The molecule has 0 saturated heterocycles. The Bertz CT molecular complexity index is 482. The number of nitrogens with zero attached hydrogens (tertiary/aromatic N) is 1. The second kappa shape index (κ2) is 7.02. The Morgan fingerprint density at radius 2 is 1.95 bits per heavy atom. The number of rotatable bonds is 6. The van der Waals surface area contributed by atoms with Gasteiger partial charge in [-0.1, -0.05) is 36.4 Å². The van der Waals surface area contributed by atoms with Crippen molar-refractivity contribution in [2.75, 3.05) is 6.54 Å². The predicted molar refractivity (Wildman–Crippen MR) is 76.8 cm³/mol. The van der Waals surface area contributed by atoms with E-state index in [0.29, 0.717) is 19.5 Å². The summed E-state index contributed by atoms with van der Waals surface area (Å²) in [4.78, 5) is 4.31. The van der Waals surface area contributed by atoms with E-state index in [4.69, 9.17) is 0 Å². The first-order chi connectivity index (χ1) is 9.24. The average Bonchev–Trinajstić information content (AvgIpc) is 2.42. The number of nitrogens with one attached hydrogen (secondary N) is 1. The number of aliphatic hydroxyl groups is 1. The summed E-state index contributed by atoms with van der Waals surface area (Å²) in [5, 5.41) is 13.2. The highest BCUT2D eigenvalue weighted by molar-refractivity contribution is 5.15. The van der Waals surface area contributed by atoms with E-state index in [9.17, 15) is 5.11 Å². The lowest BCUT2D eigenvalue weighted by molar-refractivity contribution is 0.171. The fourth-order valence-corrected chi connectivity index (χ4v) is 1.93. The van der Waals surface area contributed by atoms with E-state index in [-0.39, 0.29) is 6.10 Å². The molecule has 0 aliphatic heterocycles. The molecule has 0 radical (unpaired) electrons. The molecule has 0 aliphatic carbocycles. The van der Waals surface area contributed by atoms with Crippen molar-refractivity contribution in [1.82, 2.24) is 10.3 Å². The normalized spacial score (nSPS) is 12.3. The summed E-state index contributed by atoms with van der Waals surface area (Å²) < 4.78 is 0. The van der Waals surface area contributed by atoms with Gasteiger partial charge in [0, 0.05) is 19.3 Å². The van der Waals surface area contributed by atoms with E-state index in [1.54, 1.807) is 0 Å². The molecule has 1 unspecified atom stereocenters. The highest BCUT2D eigenvalue weighted by Gasteiger charge is 2.05. The zero-order chi connectivity index (χ0) is 13.5. The topological polar surface area (TPSA) is 45.1 Å². The van der Waals surface area contributed by atoms with E-state index < -0.39 is 0 Å². The van der Waals surface area contributed by atoms with Gasteiger partial charge in [0.05, 0.1) is 11.8 Å². The van der Waals surface area contributed by atoms with Crippen LogP contribution in [0.4, 0.5) is 0 Å². The number of hydrogen-bond donors (Lipinski definition) is 2. The third kappa shape index (κ3) is 4.81. The van der Waals surface area contributed by atoms with Gasteiger partial charge < -0.3 is 10.4 Å². The van der Waals surface area contributed by atoms with Crippen LogP contribution in [0, 0.1) is 6.92 Å². The van der Waals surface area contributed by atoms with Crippen molar-refractivity contribution in [2.24, 2.45) is 0 Å². The third-order valence-electron chi connectivity index (χ3n) is 2.97. The summed E-state index contributed by atoms with van der Waals surface area (Å²) in [6.07, 6.45) is 2.17. The Morgan fingerprint density at radius 1 is 1.16 bits per heavy atom. The molecular formula is C16H20N2O. The molecule has 3 nitrogen and oxygen atoms in total. The van der Waals surface area contributed by atoms with Crippen LogP contribution in [0.25, 0.3) is 0 Å². The van der Waals surface area contributed by atoms with Crippen molar-refractivity contribution in [3.8, 4) is 0 Å². The van der Waals surface area contributed by atoms with Gasteiger partial charge in [0.25, 0.3) is 0 Å². The minimum Gasteiger partial charge on any atom is -0.391 e. The molecule has 1 aromatic heterocycles. The Hall–Kier alpha value is -1.71. The Balaban J connectivity index is 1.72. The molecule has 19 heavy (non-hydrogen) atoms. The molecule has 2 rings (SSSR count). The maximum Gasteiger partial charge on any atom is 0.0704 e. The van der Waals surface area contributed by atoms with Gasteiger partial charge in [-0.2, -0.15) is 0 Å². The highest BCUT2D eigenvalue weighted by Crippen LogP contribution is 2.03. The van der Waals surface area contributed by atoms with Crippen molar-refractivity contribution in [3.63, 3.8) is 0 Å². The summed E-state index contributed by atoms with van der Waals surface area (Å²) in [6.45, 7) is 3.28. The van der Waals surface area contributed by atoms with Crippen LogP contribution < -0.4 is 5.32 Å². The quantitative estimate of drug-likeness (QED) is 0.832. The maximum atomic E-state index is 9.94. The lowest BCUT2D eigenvalue weighted by Gasteiger charge is -2.11. The first-order valence-corrected chi connectivity index (χ1v) is 6.58. The van der Waals surface area contributed by atoms with Crippen LogP contribution in [0.5, 0.6) is 0 Å². The summed E-state index contributed by atoms with van der Waals surface area (Å²) >= 11 is 0. The van der Waals surface area contributed by atoms with Crippen LogP contribution in [-0.4, -0.2) is 22.7 Å². The van der Waals surface area contributed by atoms with E-state index in [1.807, 2.05) is 55.6 Å². The van der Waals surface area contributed by atoms with Crippen molar-refractivity contribution in [1.29, 1.82) is 0 Å². The summed E-state index contributed by atoms with van der Waals surface area (Å²) in [5.41, 5.74) is 3.32. The number of aliphatic hydroxyl groups excluding tert-OH is 1. The first kappa shape index (κ1) is 13.7. The number of aromatic nitrogens is 1. The van der Waals surface area contributed by atoms with Crippen molar-refractivity contribution < 1.29 is 5.11 Å². The lowest BCUT2D eigenvalue weighted by atomic mass is 10.1. The lowest BCUT2D eigenvalue weighted by Crippen LogP contribution is -2.28. The summed E-state index contributed by atoms with van der Waals surface area (Å²) in [5.74, 6) is 0. The van der Waals surface area contributed by atoms with Crippen molar-refractivity contribution in [2.45, 2.75) is 26.0 Å². The minimum absolute atomic E-state index is 0.368. The molecule has 0 saturated carbocycles. The van der Waals surface area contributed by atoms with E-state index in [1.165, 1.54) is 0 Å². The summed E-state index contributed by atoms with van der Waals surface area (Å²) in [7, 11) is 0. The van der Waals surface area contributed by atoms with Gasteiger partial charge in [0.2, 0.25) is 0 Å². The van der Waals surface area contributed by atoms with Crippen molar-refractivity contribution in [3.05, 3.63) is 65.5 Å². The van der Waals surface area contributed by atoms with Crippen LogP contribution in [0.1, 0.15) is 16.8 Å². The zero-order valence-corrected chi connectivity index (χ0v) is 11.2. The van der Waals surface area contributed by atoms with Gasteiger partial charge in [-0.15, -0.1) is 0 Å². The van der Waals surface area contributed by atoms with Gasteiger partial charge in [-0.3, -0.25) is 4.98 Å². The van der Waals surface area contributed by atoms with E-state index in [0.717, 1.165) is 16.8 Å². The third-order valence-corrected chi connectivity index (χ3v) is 2.97. The fraction of sp³-hybridized carbons (Fsp3) is 0.312. The van der Waals surface area contributed by atoms with Gasteiger partial charge in [-0.25, -0.2) is 0 Å². The average molecular weight is 256 g/mol. The molecule has 1 aromatic carbocycles. The largest absolute Gasteiger partial charge is 0.391 e. The van der Waals surface area contributed by atoms with Crippen molar-refractivity contribution >= 4 is 0 Å². The molecule has 0 fully saturated rings. The van der Waals surface area contributed by atoms with Crippen LogP contribution in [0.2, 0.25) is 0 Å². The molecule has 1 atom stereocenters. The maximum absolute atomic E-state index is 9.94. The molecule has 0 amide bonds. The molecule has 0 aliphatic rings. The fourth-order valence-electron chi connectivity index (χ4n) is 1.93. The summed E-state index contributed by atoms with van der Waals surface area (Å²) in [6, 6.07) is 14.1. The molecule has 2 N–H and O–H groups in total. The molecule has 0 bridgehead atoms. The molecule has 2 aromatic rings.